The number of nitrogens with one attached hydrogen (secondary N) is 1. The zero-order valence-corrected chi connectivity index (χ0v) is 12.0. The first-order valence-corrected chi connectivity index (χ1v) is 6.64. The third-order valence-corrected chi connectivity index (χ3v) is 3.61. The highest BCUT2D eigenvalue weighted by Crippen LogP contribution is 2.26. The van der Waals surface area contributed by atoms with E-state index in [4.69, 9.17) is 4.74 Å². The number of esters is 1. The van der Waals surface area contributed by atoms with Crippen molar-refractivity contribution in [3.8, 4) is 0 Å². The lowest BCUT2D eigenvalue weighted by Crippen LogP contribution is -2.50. The molecule has 1 aromatic heterocycles. The van der Waals surface area contributed by atoms with Gasteiger partial charge in [0.2, 0.25) is 0 Å². The lowest BCUT2D eigenvalue weighted by molar-refractivity contribution is -0.145. The van der Waals surface area contributed by atoms with Crippen LogP contribution in [0.5, 0.6) is 0 Å². The van der Waals surface area contributed by atoms with Crippen LogP contribution in [0.15, 0.2) is 12.1 Å². The number of aromatic nitrogens is 1. The Labute approximate surface area is 122 Å². The summed E-state index contributed by atoms with van der Waals surface area (Å²) in [6.07, 6.45) is 0.726. The van der Waals surface area contributed by atoms with Gasteiger partial charge >= 0.3 is 11.9 Å². The monoisotopic (exact) mass is 294 g/mol. The molecular formula is C14H18N2O5. The first-order chi connectivity index (χ1) is 9.98. The first-order valence-electron chi connectivity index (χ1n) is 6.64. The van der Waals surface area contributed by atoms with Gasteiger partial charge in [-0.15, -0.1) is 0 Å². The molecule has 0 bridgehead atoms. The number of anilines is 1. The highest BCUT2D eigenvalue weighted by Gasteiger charge is 2.40. The summed E-state index contributed by atoms with van der Waals surface area (Å²) < 4.78 is 9.87. The second kappa shape index (κ2) is 6.09. The molecule has 0 aromatic carbocycles. The van der Waals surface area contributed by atoms with Crippen LogP contribution in [0.25, 0.3) is 0 Å². The van der Waals surface area contributed by atoms with Gasteiger partial charge in [-0.3, -0.25) is 0 Å². The zero-order valence-electron chi connectivity index (χ0n) is 12.0. The summed E-state index contributed by atoms with van der Waals surface area (Å²) >= 11 is 0. The summed E-state index contributed by atoms with van der Waals surface area (Å²) in [6, 6.07) is 3.16. The molecule has 1 aromatic rings. The van der Waals surface area contributed by atoms with Gasteiger partial charge in [-0.1, -0.05) is 0 Å². The number of aliphatic carboxylic acids is 1. The molecule has 21 heavy (non-hydrogen) atoms. The topological polar surface area (TPSA) is 97.8 Å². The van der Waals surface area contributed by atoms with Crippen molar-refractivity contribution in [2.45, 2.75) is 25.3 Å². The molecule has 1 aliphatic heterocycles. The number of hydrogen-bond acceptors (Lipinski definition) is 6. The van der Waals surface area contributed by atoms with Crippen LogP contribution in [-0.4, -0.2) is 47.9 Å². The molecule has 0 aliphatic carbocycles. The number of hydrogen-bond donors (Lipinski definition) is 2. The minimum atomic E-state index is -1.08. The number of carbonyl (C=O) groups excluding carboxylic acids is 1. The Balaban J connectivity index is 2.24. The van der Waals surface area contributed by atoms with Gasteiger partial charge in [-0.2, -0.15) is 0 Å². The molecule has 0 radical (unpaired) electrons. The Morgan fingerprint density at radius 3 is 2.57 bits per heavy atom. The van der Waals surface area contributed by atoms with Gasteiger partial charge in [0.05, 0.1) is 18.4 Å². The summed E-state index contributed by atoms with van der Waals surface area (Å²) in [7, 11) is 1.30. The Morgan fingerprint density at radius 1 is 1.38 bits per heavy atom. The zero-order chi connectivity index (χ0) is 15.5. The summed E-state index contributed by atoms with van der Waals surface area (Å²) in [5.74, 6) is -0.975. The van der Waals surface area contributed by atoms with Crippen LogP contribution in [-0.2, 0) is 14.3 Å². The third kappa shape index (κ3) is 3.13. The number of rotatable bonds is 4. The summed E-state index contributed by atoms with van der Waals surface area (Å²) in [5.41, 5.74) is -0.233. The maximum Gasteiger partial charge on any atom is 0.339 e. The number of pyridine rings is 1. The van der Waals surface area contributed by atoms with Gasteiger partial charge in [-0.05, 0) is 19.1 Å². The predicted molar refractivity (Wildman–Crippen MR) is 74.4 cm³/mol. The molecule has 0 saturated carbocycles. The maximum atomic E-state index is 11.6. The van der Waals surface area contributed by atoms with E-state index < -0.39 is 17.5 Å². The van der Waals surface area contributed by atoms with E-state index in [-0.39, 0.29) is 0 Å². The standard InChI is InChI=1S/C14H18N2O5/c1-9-10(12(17)20-2)3-4-11(15-9)16-14(13(18)19)5-7-21-8-6-14/h3-4H,5-8H2,1-2H3,(H,15,16)(H,18,19). The van der Waals surface area contributed by atoms with Crippen molar-refractivity contribution in [2.24, 2.45) is 0 Å². The molecule has 114 valence electrons. The second-order valence-electron chi connectivity index (χ2n) is 4.95. The van der Waals surface area contributed by atoms with Crippen molar-refractivity contribution in [1.82, 2.24) is 4.98 Å². The molecule has 2 rings (SSSR count). The minimum absolute atomic E-state index is 0.361. The average molecular weight is 294 g/mol. The van der Waals surface area contributed by atoms with Crippen LogP contribution < -0.4 is 5.32 Å². The summed E-state index contributed by atoms with van der Waals surface area (Å²) in [6.45, 7) is 2.45. The van der Waals surface area contributed by atoms with Gasteiger partial charge in [0.1, 0.15) is 11.4 Å². The van der Waals surface area contributed by atoms with Crippen LogP contribution >= 0.6 is 0 Å². The van der Waals surface area contributed by atoms with Crippen LogP contribution in [0.1, 0.15) is 28.9 Å². The quantitative estimate of drug-likeness (QED) is 0.806. The van der Waals surface area contributed by atoms with Gasteiger partial charge in [-0.25, -0.2) is 14.6 Å². The van der Waals surface area contributed by atoms with Crippen LogP contribution in [0, 0.1) is 6.92 Å². The number of ether oxygens (including phenoxy) is 2. The van der Waals surface area contributed by atoms with Crippen molar-refractivity contribution < 1.29 is 24.2 Å². The van der Waals surface area contributed by atoms with E-state index in [1.54, 1.807) is 19.1 Å². The highest BCUT2D eigenvalue weighted by molar-refractivity contribution is 5.90. The van der Waals surface area contributed by atoms with Gasteiger partial charge < -0.3 is 19.9 Å². The summed E-state index contributed by atoms with van der Waals surface area (Å²) in [4.78, 5) is 27.3. The lowest BCUT2D eigenvalue weighted by atomic mass is 9.90. The van der Waals surface area contributed by atoms with Crippen LogP contribution in [0.4, 0.5) is 5.82 Å². The molecule has 7 nitrogen and oxygen atoms in total. The Bertz CT molecular complexity index is 552. The Morgan fingerprint density at radius 2 is 2.05 bits per heavy atom. The van der Waals surface area contributed by atoms with Gasteiger partial charge in [0.25, 0.3) is 0 Å². The van der Waals surface area contributed by atoms with Crippen molar-refractivity contribution >= 4 is 17.8 Å². The van der Waals surface area contributed by atoms with E-state index in [0.717, 1.165) is 0 Å². The van der Waals surface area contributed by atoms with E-state index in [9.17, 15) is 14.7 Å². The Hall–Kier alpha value is -2.15. The van der Waals surface area contributed by atoms with E-state index in [1.807, 2.05) is 0 Å². The molecule has 1 aliphatic rings. The molecule has 1 saturated heterocycles. The number of carbonyl (C=O) groups is 2. The van der Waals surface area contributed by atoms with Crippen molar-refractivity contribution in [1.29, 1.82) is 0 Å². The first kappa shape index (κ1) is 15.2. The molecule has 2 heterocycles. The lowest BCUT2D eigenvalue weighted by Gasteiger charge is -2.34. The molecule has 0 spiro atoms. The van der Waals surface area contributed by atoms with Crippen molar-refractivity contribution in [3.05, 3.63) is 23.4 Å². The molecule has 0 amide bonds. The Kier molecular flexibility index (Phi) is 4.42. The average Bonchev–Trinajstić information content (AvgIpc) is 2.47. The van der Waals surface area contributed by atoms with Crippen LogP contribution in [0.2, 0.25) is 0 Å². The van der Waals surface area contributed by atoms with E-state index in [0.29, 0.717) is 43.1 Å². The third-order valence-electron chi connectivity index (χ3n) is 3.61. The highest BCUT2D eigenvalue weighted by atomic mass is 16.5. The molecule has 0 unspecified atom stereocenters. The molecule has 1 fully saturated rings. The normalized spacial score (nSPS) is 17.0. The molecular weight excluding hydrogens is 276 g/mol. The predicted octanol–water partition coefficient (Wildman–Crippen LogP) is 1.22. The van der Waals surface area contributed by atoms with E-state index in [2.05, 4.69) is 15.0 Å². The molecule has 0 atom stereocenters. The fourth-order valence-corrected chi connectivity index (χ4v) is 2.31. The van der Waals surface area contributed by atoms with Crippen LogP contribution in [0.3, 0.4) is 0 Å². The van der Waals surface area contributed by atoms with Gasteiger partial charge in [0.15, 0.2) is 0 Å². The largest absolute Gasteiger partial charge is 0.480 e. The number of carboxylic acids is 1. The van der Waals surface area contributed by atoms with Crippen molar-refractivity contribution in [3.63, 3.8) is 0 Å². The van der Waals surface area contributed by atoms with Crippen molar-refractivity contribution in [2.75, 3.05) is 25.6 Å². The van der Waals surface area contributed by atoms with E-state index in [1.165, 1.54) is 7.11 Å². The SMILES string of the molecule is COC(=O)c1ccc(NC2(C(=O)O)CCOCC2)nc1C. The number of nitrogens with zero attached hydrogens (tertiary/aromatic N) is 1. The number of aryl methyl sites for hydroxylation is 1. The minimum Gasteiger partial charge on any atom is -0.480 e. The second-order valence-corrected chi connectivity index (χ2v) is 4.95. The van der Waals surface area contributed by atoms with Gasteiger partial charge in [0, 0.05) is 26.1 Å². The summed E-state index contributed by atoms with van der Waals surface area (Å²) in [5, 5.41) is 12.5. The number of carboxylic acid groups (broad SMARTS) is 1. The molecule has 7 heteroatoms. The molecule has 2 N–H and O–H groups in total. The smallest absolute Gasteiger partial charge is 0.339 e. The van der Waals surface area contributed by atoms with E-state index >= 15 is 0 Å². The fourth-order valence-electron chi connectivity index (χ4n) is 2.31. The fraction of sp³-hybridized carbons (Fsp3) is 0.500. The number of methoxy groups -OCH3 is 1. The maximum absolute atomic E-state index is 11.6.